The number of hydrogen-bond acceptors (Lipinski definition) is 7. The highest BCUT2D eigenvalue weighted by Crippen LogP contribution is 2.31. The first kappa shape index (κ1) is 24.7. The summed E-state index contributed by atoms with van der Waals surface area (Å²) in [5.41, 5.74) is 9.04. The number of imidazole rings is 1. The highest BCUT2D eigenvalue weighted by molar-refractivity contribution is 5.64. The number of piperidine rings is 1. The van der Waals surface area contributed by atoms with E-state index in [9.17, 15) is 0 Å². The Hall–Kier alpha value is -3.63. The van der Waals surface area contributed by atoms with Gasteiger partial charge >= 0.3 is 0 Å². The Bertz CT molecular complexity index is 1420. The van der Waals surface area contributed by atoms with Gasteiger partial charge in [0.2, 0.25) is 0 Å². The number of pyridine rings is 1. The first-order valence-corrected chi connectivity index (χ1v) is 13.0. The minimum Gasteiger partial charge on any atom is -0.488 e. The average molecular weight is 521 g/mol. The normalized spacial score (nSPS) is 21.8. The summed E-state index contributed by atoms with van der Waals surface area (Å²) in [6.45, 7) is 4.89. The number of benzene rings is 1. The zero-order chi connectivity index (χ0) is 26.2. The van der Waals surface area contributed by atoms with Crippen LogP contribution in [0.25, 0.3) is 16.8 Å². The molecule has 2 fully saturated rings. The van der Waals surface area contributed by atoms with Crippen molar-refractivity contribution in [3.8, 4) is 17.0 Å². The van der Waals surface area contributed by atoms with Crippen LogP contribution in [0, 0.1) is 17.6 Å². The molecule has 0 spiro atoms. The Morgan fingerprint density at radius 2 is 1.97 bits per heavy atom. The molecule has 4 aromatic rings. The molecule has 0 bridgehead atoms. The third-order valence-corrected chi connectivity index (χ3v) is 7.18. The number of halogens is 2. The van der Waals surface area contributed by atoms with E-state index in [0.717, 1.165) is 36.3 Å². The smallest absolute Gasteiger partial charge is 0.139 e. The molecule has 38 heavy (non-hydrogen) atoms. The highest BCUT2D eigenvalue weighted by Gasteiger charge is 2.25. The van der Waals surface area contributed by atoms with Crippen LogP contribution in [0.1, 0.15) is 31.2 Å². The maximum absolute atomic E-state index is 15.1. The largest absolute Gasteiger partial charge is 0.488 e. The van der Waals surface area contributed by atoms with Crippen LogP contribution in [0.4, 0.5) is 14.5 Å². The van der Waals surface area contributed by atoms with Gasteiger partial charge in [-0.3, -0.25) is 4.98 Å². The van der Waals surface area contributed by atoms with Crippen molar-refractivity contribution in [3.63, 3.8) is 0 Å². The topological polar surface area (TPSA) is 90.8 Å². The van der Waals surface area contributed by atoms with Crippen LogP contribution >= 0.6 is 0 Å². The van der Waals surface area contributed by atoms with Crippen LogP contribution in [0.2, 0.25) is 0 Å². The number of fused-ring (bicyclic) bond motifs is 1. The lowest BCUT2D eigenvalue weighted by Crippen LogP contribution is -2.46. The summed E-state index contributed by atoms with van der Waals surface area (Å²) in [6.07, 6.45) is 7.26. The van der Waals surface area contributed by atoms with E-state index in [4.69, 9.17) is 15.2 Å². The van der Waals surface area contributed by atoms with Gasteiger partial charge in [0, 0.05) is 67.8 Å². The molecule has 0 radical (unpaired) electrons. The summed E-state index contributed by atoms with van der Waals surface area (Å²) in [7, 11) is 0. The fraction of sp³-hybridized carbons (Fsp3) is 0.393. The van der Waals surface area contributed by atoms with Gasteiger partial charge in [0.15, 0.2) is 0 Å². The van der Waals surface area contributed by atoms with Gasteiger partial charge in [-0.05, 0) is 30.5 Å². The molecule has 1 aromatic carbocycles. The summed E-state index contributed by atoms with van der Waals surface area (Å²) in [4.78, 5) is 11.2. The summed E-state index contributed by atoms with van der Waals surface area (Å²) in [5, 5.41) is 4.58. The molecule has 2 N–H and O–H groups in total. The average Bonchev–Trinajstić information content (AvgIpc) is 3.53. The second-order valence-corrected chi connectivity index (χ2v) is 10.3. The molecule has 2 aliphatic rings. The van der Waals surface area contributed by atoms with Crippen molar-refractivity contribution in [1.82, 2.24) is 19.6 Å². The first-order chi connectivity index (χ1) is 18.4. The second kappa shape index (κ2) is 10.3. The van der Waals surface area contributed by atoms with Crippen LogP contribution in [0.15, 0.2) is 48.9 Å². The molecule has 10 heteroatoms. The van der Waals surface area contributed by atoms with E-state index >= 15 is 8.78 Å². The van der Waals surface area contributed by atoms with Gasteiger partial charge < -0.3 is 20.1 Å². The molecule has 0 amide bonds. The van der Waals surface area contributed by atoms with Crippen LogP contribution in [0.5, 0.6) is 5.75 Å². The van der Waals surface area contributed by atoms with Crippen molar-refractivity contribution >= 4 is 11.2 Å². The number of ether oxygens (including phenoxy) is 2. The van der Waals surface area contributed by atoms with Gasteiger partial charge in [0.1, 0.15) is 29.3 Å². The molecule has 3 atom stereocenters. The van der Waals surface area contributed by atoms with Crippen LogP contribution in [0.3, 0.4) is 0 Å². The van der Waals surface area contributed by atoms with Gasteiger partial charge in [-0.2, -0.15) is 5.10 Å². The summed E-state index contributed by atoms with van der Waals surface area (Å²) in [5.74, 6) is -0.202. The van der Waals surface area contributed by atoms with E-state index in [2.05, 4.69) is 26.9 Å². The number of nitrogens with zero attached hydrogens (tertiary/aromatic N) is 5. The van der Waals surface area contributed by atoms with Crippen molar-refractivity contribution in [2.75, 3.05) is 31.2 Å². The van der Waals surface area contributed by atoms with E-state index in [1.807, 2.05) is 12.3 Å². The molecule has 6 rings (SSSR count). The minimum absolute atomic E-state index is 0.115. The van der Waals surface area contributed by atoms with Crippen LogP contribution < -0.4 is 15.4 Å². The molecular weight excluding hydrogens is 490 g/mol. The van der Waals surface area contributed by atoms with Crippen molar-refractivity contribution < 1.29 is 18.3 Å². The van der Waals surface area contributed by atoms with E-state index in [1.165, 1.54) is 12.1 Å². The third kappa shape index (κ3) is 4.93. The first-order valence-electron chi connectivity index (χ1n) is 13.0. The van der Waals surface area contributed by atoms with Gasteiger partial charge in [0.05, 0.1) is 36.2 Å². The van der Waals surface area contributed by atoms with Crippen LogP contribution in [-0.4, -0.2) is 58.0 Å². The second-order valence-electron chi connectivity index (χ2n) is 10.3. The number of nitrogens with two attached hydrogens (primary N) is 1. The number of aromatic nitrogens is 4. The Morgan fingerprint density at radius 3 is 2.74 bits per heavy atom. The Labute approximate surface area is 219 Å². The lowest BCUT2D eigenvalue weighted by molar-refractivity contribution is 0.141. The predicted octanol–water partition coefficient (Wildman–Crippen LogP) is 4.00. The fourth-order valence-corrected chi connectivity index (χ4v) is 5.48. The monoisotopic (exact) mass is 520 g/mol. The Balaban J connectivity index is 1.30. The van der Waals surface area contributed by atoms with E-state index in [-0.39, 0.29) is 29.2 Å². The van der Waals surface area contributed by atoms with Crippen molar-refractivity contribution in [2.45, 2.75) is 38.3 Å². The summed E-state index contributed by atoms with van der Waals surface area (Å²) in [6, 6.07) is 7.87. The SMILES string of the molecule is C[C@@H]1C[C@H](N)CN(c2ccncc2Cc2ncc3ccc(-c4c(F)cc(OC5CCOC5)cc4F)nn23)C1. The molecule has 2 saturated heterocycles. The minimum atomic E-state index is -0.738. The quantitative estimate of drug-likeness (QED) is 0.411. The summed E-state index contributed by atoms with van der Waals surface area (Å²) < 4.78 is 42.9. The molecule has 0 aliphatic carbocycles. The van der Waals surface area contributed by atoms with Crippen LogP contribution in [-0.2, 0) is 11.2 Å². The fourth-order valence-electron chi connectivity index (χ4n) is 5.48. The standard InChI is InChI=1S/C28H30F2N6O2/c1-17-8-19(31)15-35(14-17)26-4-6-32-12-18(26)9-27-33-13-20-2-3-25(34-36(20)27)28-23(29)10-22(11-24(28)30)38-21-5-7-37-16-21/h2-4,6,10-13,17,19,21H,5,7-9,14-16,31H2,1H3/t17-,19+,21?/m1/s1. The van der Waals surface area contributed by atoms with Gasteiger partial charge in [-0.15, -0.1) is 0 Å². The predicted molar refractivity (Wildman–Crippen MR) is 139 cm³/mol. The summed E-state index contributed by atoms with van der Waals surface area (Å²) >= 11 is 0. The van der Waals surface area contributed by atoms with E-state index in [0.29, 0.717) is 37.8 Å². The van der Waals surface area contributed by atoms with E-state index < -0.39 is 11.6 Å². The number of anilines is 1. The Morgan fingerprint density at radius 1 is 1.13 bits per heavy atom. The molecule has 3 aromatic heterocycles. The maximum Gasteiger partial charge on any atom is 0.139 e. The lowest BCUT2D eigenvalue weighted by Gasteiger charge is -2.37. The van der Waals surface area contributed by atoms with E-state index in [1.54, 1.807) is 29.0 Å². The zero-order valence-corrected chi connectivity index (χ0v) is 21.2. The molecule has 198 valence electrons. The molecule has 5 heterocycles. The number of hydrogen-bond donors (Lipinski definition) is 1. The Kier molecular flexibility index (Phi) is 6.67. The molecule has 1 unspecified atom stereocenters. The lowest BCUT2D eigenvalue weighted by atomic mass is 9.95. The molecular formula is C28H30F2N6O2. The molecule has 0 saturated carbocycles. The van der Waals surface area contributed by atoms with Gasteiger partial charge in [0.25, 0.3) is 0 Å². The van der Waals surface area contributed by atoms with Crippen molar-refractivity contribution in [2.24, 2.45) is 11.7 Å². The zero-order valence-electron chi connectivity index (χ0n) is 21.2. The van der Waals surface area contributed by atoms with Gasteiger partial charge in [-0.1, -0.05) is 6.92 Å². The third-order valence-electron chi connectivity index (χ3n) is 7.18. The van der Waals surface area contributed by atoms with Crippen molar-refractivity contribution in [1.29, 1.82) is 0 Å². The van der Waals surface area contributed by atoms with Gasteiger partial charge in [-0.25, -0.2) is 18.3 Å². The number of rotatable bonds is 6. The van der Waals surface area contributed by atoms with Crippen molar-refractivity contribution in [3.05, 3.63) is 71.9 Å². The molecule has 8 nitrogen and oxygen atoms in total. The maximum atomic E-state index is 15.1. The molecule has 2 aliphatic heterocycles. The highest BCUT2D eigenvalue weighted by atomic mass is 19.1.